The second kappa shape index (κ2) is 7.06. The van der Waals surface area contributed by atoms with Crippen LogP contribution >= 0.6 is 15.9 Å². The summed E-state index contributed by atoms with van der Waals surface area (Å²) in [6, 6.07) is 14.6. The molecule has 0 spiro atoms. The van der Waals surface area contributed by atoms with E-state index >= 15 is 0 Å². The van der Waals surface area contributed by atoms with E-state index in [9.17, 15) is 8.42 Å². The van der Waals surface area contributed by atoms with Crippen molar-refractivity contribution in [3.05, 3.63) is 64.1 Å². The second-order valence-corrected chi connectivity index (χ2v) is 7.36. The van der Waals surface area contributed by atoms with Crippen molar-refractivity contribution in [3.63, 3.8) is 0 Å². The van der Waals surface area contributed by atoms with Crippen LogP contribution < -0.4 is 10.0 Å². The molecule has 2 rings (SSSR count). The summed E-state index contributed by atoms with van der Waals surface area (Å²) in [5, 5.41) is 3.05. The van der Waals surface area contributed by atoms with E-state index in [2.05, 4.69) is 26.0 Å². The van der Waals surface area contributed by atoms with Crippen LogP contribution in [0.1, 0.15) is 11.1 Å². The lowest BCUT2D eigenvalue weighted by Gasteiger charge is -2.09. The monoisotopic (exact) mass is 368 g/mol. The molecular formula is C15H17BrN2O2S. The maximum Gasteiger partial charge on any atom is 0.236 e. The predicted molar refractivity (Wildman–Crippen MR) is 89.6 cm³/mol. The fourth-order valence-electron chi connectivity index (χ4n) is 2.02. The highest BCUT2D eigenvalue weighted by atomic mass is 79.9. The van der Waals surface area contributed by atoms with Crippen LogP contribution in [0.4, 0.5) is 5.69 Å². The van der Waals surface area contributed by atoms with Crippen molar-refractivity contribution in [3.8, 4) is 0 Å². The maximum absolute atomic E-state index is 12.2. The van der Waals surface area contributed by atoms with Crippen LogP contribution in [0.2, 0.25) is 0 Å². The lowest BCUT2D eigenvalue weighted by atomic mass is 10.1. The van der Waals surface area contributed by atoms with E-state index in [1.165, 1.54) is 0 Å². The van der Waals surface area contributed by atoms with Crippen molar-refractivity contribution in [1.29, 1.82) is 0 Å². The number of hydrogen-bond acceptors (Lipinski definition) is 3. The number of halogens is 1. The number of nitrogens with one attached hydrogen (secondary N) is 2. The van der Waals surface area contributed by atoms with E-state index in [0.29, 0.717) is 12.2 Å². The first-order chi connectivity index (χ1) is 9.98. The Morgan fingerprint density at radius 1 is 1.05 bits per heavy atom. The molecule has 0 aliphatic heterocycles. The third kappa shape index (κ3) is 5.15. The van der Waals surface area contributed by atoms with Gasteiger partial charge in [0.2, 0.25) is 10.0 Å². The van der Waals surface area contributed by atoms with Crippen molar-refractivity contribution in [2.75, 3.05) is 11.8 Å². The normalized spacial score (nSPS) is 11.3. The zero-order valence-electron chi connectivity index (χ0n) is 11.6. The van der Waals surface area contributed by atoms with E-state index in [0.717, 1.165) is 15.6 Å². The van der Waals surface area contributed by atoms with Crippen LogP contribution in [-0.4, -0.2) is 15.5 Å². The standard InChI is InChI=1S/C15H17BrN2O2S/c1-17-10-12-4-2-5-13(8-12)11-21(19,20)18-15-7-3-6-14(16)9-15/h2-9,17-18H,10-11H2,1H3. The molecule has 0 amide bonds. The Labute approximate surface area is 133 Å². The van der Waals surface area contributed by atoms with Crippen molar-refractivity contribution < 1.29 is 8.42 Å². The zero-order chi connectivity index (χ0) is 15.3. The first kappa shape index (κ1) is 16.0. The van der Waals surface area contributed by atoms with E-state index in [4.69, 9.17) is 0 Å². The summed E-state index contributed by atoms with van der Waals surface area (Å²) in [6.07, 6.45) is 0. The first-order valence-electron chi connectivity index (χ1n) is 6.47. The number of anilines is 1. The Morgan fingerprint density at radius 3 is 2.48 bits per heavy atom. The van der Waals surface area contributed by atoms with Gasteiger partial charge in [-0.05, 0) is 36.4 Å². The summed E-state index contributed by atoms with van der Waals surface area (Å²) in [5.41, 5.74) is 2.38. The molecule has 0 unspecified atom stereocenters. The highest BCUT2D eigenvalue weighted by Crippen LogP contribution is 2.18. The highest BCUT2D eigenvalue weighted by molar-refractivity contribution is 9.10. The Bertz CT molecular complexity index is 717. The van der Waals surface area contributed by atoms with Crippen molar-refractivity contribution in [2.45, 2.75) is 12.3 Å². The molecule has 2 aromatic rings. The minimum absolute atomic E-state index is 0.0446. The molecule has 0 heterocycles. The molecular weight excluding hydrogens is 352 g/mol. The van der Waals surface area contributed by atoms with Crippen molar-refractivity contribution in [2.24, 2.45) is 0 Å². The van der Waals surface area contributed by atoms with Gasteiger partial charge in [0.15, 0.2) is 0 Å². The predicted octanol–water partition coefficient (Wildman–Crippen LogP) is 3.11. The molecule has 2 aromatic carbocycles. The smallest absolute Gasteiger partial charge is 0.236 e. The van der Waals surface area contributed by atoms with Gasteiger partial charge in [0.05, 0.1) is 5.75 Å². The van der Waals surface area contributed by atoms with Gasteiger partial charge in [-0.15, -0.1) is 0 Å². The van der Waals surface area contributed by atoms with Crippen LogP contribution in [0.5, 0.6) is 0 Å². The summed E-state index contributed by atoms with van der Waals surface area (Å²) in [7, 11) is -1.57. The molecule has 21 heavy (non-hydrogen) atoms. The van der Waals surface area contributed by atoms with Crippen LogP contribution in [0, 0.1) is 0 Å². The van der Waals surface area contributed by atoms with Crippen LogP contribution in [0.3, 0.4) is 0 Å². The summed E-state index contributed by atoms with van der Waals surface area (Å²) in [5.74, 6) is -0.0446. The molecule has 0 fully saturated rings. The minimum Gasteiger partial charge on any atom is -0.316 e. The van der Waals surface area contributed by atoms with Gasteiger partial charge in [0.1, 0.15) is 0 Å². The molecule has 6 heteroatoms. The minimum atomic E-state index is -3.43. The lowest BCUT2D eigenvalue weighted by Crippen LogP contribution is -2.15. The SMILES string of the molecule is CNCc1cccc(CS(=O)(=O)Nc2cccc(Br)c2)c1. The third-order valence-corrected chi connectivity index (χ3v) is 4.58. The topological polar surface area (TPSA) is 58.2 Å². The Kier molecular flexibility index (Phi) is 5.39. The van der Waals surface area contributed by atoms with Crippen molar-refractivity contribution in [1.82, 2.24) is 5.32 Å². The van der Waals surface area contributed by atoms with Crippen LogP contribution in [-0.2, 0) is 22.3 Å². The van der Waals surface area contributed by atoms with Gasteiger partial charge in [-0.2, -0.15) is 0 Å². The largest absolute Gasteiger partial charge is 0.316 e. The van der Waals surface area contributed by atoms with E-state index in [1.807, 2.05) is 37.4 Å². The molecule has 0 bridgehead atoms. The quantitative estimate of drug-likeness (QED) is 0.823. The summed E-state index contributed by atoms with van der Waals surface area (Å²) < 4.78 is 27.8. The molecule has 0 radical (unpaired) electrons. The summed E-state index contributed by atoms with van der Waals surface area (Å²) >= 11 is 3.32. The number of benzene rings is 2. The van der Waals surface area contributed by atoms with Gasteiger partial charge >= 0.3 is 0 Å². The average molecular weight is 369 g/mol. The zero-order valence-corrected chi connectivity index (χ0v) is 14.0. The number of hydrogen-bond donors (Lipinski definition) is 2. The molecule has 0 aromatic heterocycles. The summed E-state index contributed by atoms with van der Waals surface area (Å²) in [6.45, 7) is 0.715. The molecule has 0 aliphatic rings. The molecule has 112 valence electrons. The summed E-state index contributed by atoms with van der Waals surface area (Å²) in [4.78, 5) is 0. The van der Waals surface area contributed by atoms with Crippen LogP contribution in [0.15, 0.2) is 53.0 Å². The molecule has 4 nitrogen and oxygen atoms in total. The average Bonchev–Trinajstić information content (AvgIpc) is 2.38. The number of rotatable bonds is 6. The van der Waals surface area contributed by atoms with Gasteiger partial charge in [-0.25, -0.2) is 8.42 Å². The fraction of sp³-hybridized carbons (Fsp3) is 0.200. The van der Waals surface area contributed by atoms with Crippen LogP contribution in [0.25, 0.3) is 0 Å². The third-order valence-electron chi connectivity index (χ3n) is 2.83. The molecule has 0 aliphatic carbocycles. The maximum atomic E-state index is 12.2. The van der Waals surface area contributed by atoms with Gasteiger partial charge in [0.25, 0.3) is 0 Å². The number of sulfonamides is 1. The molecule has 0 saturated carbocycles. The molecule has 0 atom stereocenters. The van der Waals surface area contributed by atoms with E-state index in [1.54, 1.807) is 18.2 Å². The Morgan fingerprint density at radius 2 is 1.76 bits per heavy atom. The molecule has 0 saturated heterocycles. The van der Waals surface area contributed by atoms with Gasteiger partial charge < -0.3 is 5.32 Å². The fourth-order valence-corrected chi connectivity index (χ4v) is 3.60. The van der Waals surface area contributed by atoms with Gasteiger partial charge in [-0.1, -0.05) is 46.3 Å². The Hall–Kier alpha value is -1.37. The van der Waals surface area contributed by atoms with E-state index < -0.39 is 10.0 Å². The van der Waals surface area contributed by atoms with Gasteiger partial charge in [-0.3, -0.25) is 4.72 Å². The van der Waals surface area contributed by atoms with E-state index in [-0.39, 0.29) is 5.75 Å². The second-order valence-electron chi connectivity index (χ2n) is 4.72. The Balaban J connectivity index is 2.12. The van der Waals surface area contributed by atoms with Gasteiger partial charge in [0, 0.05) is 16.7 Å². The first-order valence-corrected chi connectivity index (χ1v) is 8.91. The highest BCUT2D eigenvalue weighted by Gasteiger charge is 2.12. The molecule has 2 N–H and O–H groups in total. The van der Waals surface area contributed by atoms with Crippen molar-refractivity contribution >= 4 is 31.6 Å². The lowest BCUT2D eigenvalue weighted by molar-refractivity contribution is 0.600.